The Morgan fingerprint density at radius 3 is 3.17 bits per heavy atom. The van der Waals surface area contributed by atoms with Gasteiger partial charge < -0.3 is 4.90 Å². The van der Waals surface area contributed by atoms with E-state index in [4.69, 9.17) is 0 Å². The second kappa shape index (κ2) is 3.06. The molecule has 0 fully saturated rings. The predicted molar refractivity (Wildman–Crippen MR) is 49.7 cm³/mol. The van der Waals surface area contributed by atoms with Crippen LogP contribution in [-0.2, 0) is 0 Å². The van der Waals surface area contributed by atoms with Crippen molar-refractivity contribution in [1.82, 2.24) is 13.6 Å². The number of rotatable bonds is 1. The van der Waals surface area contributed by atoms with Crippen molar-refractivity contribution in [3.8, 4) is 0 Å². The molecule has 12 heavy (non-hydrogen) atoms. The Hall–Kier alpha value is -1.16. The van der Waals surface area contributed by atoms with Gasteiger partial charge in [-0.3, -0.25) is 0 Å². The van der Waals surface area contributed by atoms with E-state index in [0.29, 0.717) is 0 Å². The van der Waals surface area contributed by atoms with E-state index in [2.05, 4.69) is 32.0 Å². The minimum Gasteiger partial charge on any atom is -0.376 e. The van der Waals surface area contributed by atoms with Crippen molar-refractivity contribution >= 4 is 17.3 Å². The normalized spacial score (nSPS) is 16.4. The molecule has 0 radical (unpaired) electrons. The van der Waals surface area contributed by atoms with Gasteiger partial charge in [0.25, 0.3) is 0 Å². The fraction of sp³-hybridized carbons (Fsp3) is 0.250. The first kappa shape index (κ1) is 7.49. The lowest BCUT2D eigenvalue weighted by atomic mass is 10.1. The van der Waals surface area contributed by atoms with E-state index in [9.17, 15) is 0 Å². The zero-order chi connectivity index (χ0) is 8.39. The minimum absolute atomic E-state index is 0.961. The van der Waals surface area contributed by atoms with Gasteiger partial charge in [-0.25, -0.2) is 0 Å². The van der Waals surface area contributed by atoms with E-state index >= 15 is 0 Å². The zero-order valence-electron chi connectivity index (χ0n) is 6.77. The van der Waals surface area contributed by atoms with Crippen LogP contribution in [-0.4, -0.2) is 27.2 Å². The summed E-state index contributed by atoms with van der Waals surface area (Å²) in [6.45, 7) is 0.973. The molecule has 0 N–H and O–H groups in total. The average molecular weight is 179 g/mol. The zero-order valence-corrected chi connectivity index (χ0v) is 7.58. The monoisotopic (exact) mass is 179 g/mol. The van der Waals surface area contributed by atoms with Gasteiger partial charge in [-0.1, -0.05) is 12.2 Å². The van der Waals surface area contributed by atoms with Crippen LogP contribution in [0.15, 0.2) is 24.5 Å². The molecule has 1 aliphatic rings. The minimum atomic E-state index is 0.961. The smallest absolute Gasteiger partial charge is 0.106 e. The number of hydrogen-bond acceptors (Lipinski definition) is 4. The molecule has 0 aromatic carbocycles. The van der Waals surface area contributed by atoms with Crippen LogP contribution in [0.5, 0.6) is 0 Å². The topological polar surface area (TPSA) is 29.0 Å². The van der Waals surface area contributed by atoms with Crippen LogP contribution >= 0.6 is 11.7 Å². The van der Waals surface area contributed by atoms with E-state index in [1.807, 2.05) is 7.05 Å². The molecule has 0 unspecified atom stereocenters. The lowest BCUT2D eigenvalue weighted by Gasteiger charge is -2.16. The maximum atomic E-state index is 4.16. The Morgan fingerprint density at radius 1 is 1.58 bits per heavy atom. The summed E-state index contributed by atoms with van der Waals surface area (Å²) in [7, 11) is 2.04. The third kappa shape index (κ3) is 1.38. The van der Waals surface area contributed by atoms with Crippen LogP contribution < -0.4 is 0 Å². The molecular weight excluding hydrogens is 170 g/mol. The van der Waals surface area contributed by atoms with Crippen LogP contribution in [0, 0.1) is 0 Å². The van der Waals surface area contributed by atoms with Gasteiger partial charge in [-0.05, 0) is 0 Å². The molecule has 2 heterocycles. The van der Waals surface area contributed by atoms with Crippen LogP contribution in [0.3, 0.4) is 0 Å². The first-order chi connectivity index (χ1) is 5.86. The lowest BCUT2D eigenvalue weighted by molar-refractivity contribution is 0.507. The molecule has 0 amide bonds. The SMILES string of the molecule is CN1C=C(c2cnsn2)C=CC1. The summed E-state index contributed by atoms with van der Waals surface area (Å²) in [5.74, 6) is 0. The van der Waals surface area contributed by atoms with Crippen LogP contribution in [0.4, 0.5) is 0 Å². The highest BCUT2D eigenvalue weighted by Crippen LogP contribution is 2.16. The molecule has 2 rings (SSSR count). The molecule has 0 saturated heterocycles. The van der Waals surface area contributed by atoms with Gasteiger partial charge in [-0.2, -0.15) is 8.75 Å². The van der Waals surface area contributed by atoms with Gasteiger partial charge in [0.05, 0.1) is 17.9 Å². The maximum Gasteiger partial charge on any atom is 0.106 e. The lowest BCUT2D eigenvalue weighted by Crippen LogP contribution is -2.13. The molecule has 0 spiro atoms. The fourth-order valence-electron chi connectivity index (χ4n) is 1.12. The first-order valence-corrected chi connectivity index (χ1v) is 4.46. The van der Waals surface area contributed by atoms with E-state index in [1.165, 1.54) is 11.7 Å². The molecule has 3 nitrogen and oxygen atoms in total. The van der Waals surface area contributed by atoms with Gasteiger partial charge in [-0.15, -0.1) is 0 Å². The highest BCUT2D eigenvalue weighted by Gasteiger charge is 2.05. The number of likely N-dealkylation sites (N-methyl/N-ethyl adjacent to an activating group) is 1. The summed E-state index contributed by atoms with van der Waals surface area (Å²) in [6, 6.07) is 0. The summed E-state index contributed by atoms with van der Waals surface area (Å²) >= 11 is 1.24. The fourth-order valence-corrected chi connectivity index (χ4v) is 1.56. The maximum absolute atomic E-state index is 4.16. The average Bonchev–Trinajstić information content (AvgIpc) is 2.56. The third-order valence-electron chi connectivity index (χ3n) is 1.71. The van der Waals surface area contributed by atoms with Crippen LogP contribution in [0.2, 0.25) is 0 Å². The molecule has 0 atom stereocenters. The highest BCUT2D eigenvalue weighted by atomic mass is 32.1. The van der Waals surface area contributed by atoms with Gasteiger partial charge in [0.1, 0.15) is 5.69 Å². The second-order valence-corrected chi connectivity index (χ2v) is 3.28. The van der Waals surface area contributed by atoms with E-state index in [0.717, 1.165) is 17.8 Å². The van der Waals surface area contributed by atoms with E-state index in [1.54, 1.807) is 6.20 Å². The van der Waals surface area contributed by atoms with E-state index < -0.39 is 0 Å². The third-order valence-corrected chi connectivity index (χ3v) is 2.19. The molecule has 0 bridgehead atoms. The molecule has 4 heteroatoms. The van der Waals surface area contributed by atoms with Gasteiger partial charge >= 0.3 is 0 Å². The van der Waals surface area contributed by atoms with Crippen molar-refractivity contribution in [3.05, 3.63) is 30.2 Å². The number of nitrogens with zero attached hydrogens (tertiary/aromatic N) is 3. The Labute approximate surface area is 75.4 Å². The van der Waals surface area contributed by atoms with E-state index in [-0.39, 0.29) is 0 Å². The molecule has 0 aliphatic carbocycles. The number of hydrogen-bond donors (Lipinski definition) is 0. The van der Waals surface area contributed by atoms with Crippen LogP contribution in [0.1, 0.15) is 5.69 Å². The summed E-state index contributed by atoms with van der Waals surface area (Å²) in [4.78, 5) is 2.12. The van der Waals surface area contributed by atoms with Gasteiger partial charge in [0.2, 0.25) is 0 Å². The molecule has 1 aromatic heterocycles. The molecule has 0 saturated carbocycles. The molecule has 1 aromatic rings. The Balaban J connectivity index is 2.30. The Morgan fingerprint density at radius 2 is 2.50 bits per heavy atom. The van der Waals surface area contributed by atoms with Crippen molar-refractivity contribution in [2.45, 2.75) is 0 Å². The highest BCUT2D eigenvalue weighted by molar-refractivity contribution is 6.99. The van der Waals surface area contributed by atoms with Crippen molar-refractivity contribution in [2.75, 3.05) is 13.6 Å². The number of aromatic nitrogens is 2. The predicted octanol–water partition coefficient (Wildman–Crippen LogP) is 1.38. The quantitative estimate of drug-likeness (QED) is 0.652. The molecule has 1 aliphatic heterocycles. The van der Waals surface area contributed by atoms with Crippen LogP contribution in [0.25, 0.3) is 5.57 Å². The van der Waals surface area contributed by atoms with Crippen molar-refractivity contribution in [2.24, 2.45) is 0 Å². The summed E-state index contributed by atoms with van der Waals surface area (Å²) in [6.07, 6.45) is 8.07. The van der Waals surface area contributed by atoms with Crippen molar-refractivity contribution in [1.29, 1.82) is 0 Å². The van der Waals surface area contributed by atoms with Gasteiger partial charge in [0.15, 0.2) is 0 Å². The summed E-state index contributed by atoms with van der Waals surface area (Å²) in [5.41, 5.74) is 2.10. The largest absolute Gasteiger partial charge is 0.376 e. The van der Waals surface area contributed by atoms with Gasteiger partial charge in [0, 0.05) is 25.4 Å². The molecular formula is C8H9N3S. The van der Waals surface area contributed by atoms with Crippen molar-refractivity contribution in [3.63, 3.8) is 0 Å². The number of allylic oxidation sites excluding steroid dienone is 2. The standard InChI is InChI=1S/C8H9N3S/c1-11-4-2-3-7(6-11)8-5-9-12-10-8/h2-3,5-6H,4H2,1H3. The Kier molecular flexibility index (Phi) is 1.91. The summed E-state index contributed by atoms with van der Waals surface area (Å²) in [5, 5.41) is 0. The second-order valence-electron chi connectivity index (χ2n) is 2.72. The first-order valence-electron chi connectivity index (χ1n) is 3.73. The molecule has 62 valence electrons. The van der Waals surface area contributed by atoms with Crippen molar-refractivity contribution < 1.29 is 0 Å². The summed E-state index contributed by atoms with van der Waals surface area (Å²) < 4.78 is 8.12. The Bertz CT molecular complexity index is 313.